The van der Waals surface area contributed by atoms with Crippen LogP contribution in [0.15, 0.2) is 18.2 Å². The molecular weight excluding hydrogens is 228 g/mol. The summed E-state index contributed by atoms with van der Waals surface area (Å²) in [4.78, 5) is 11.1. The first-order chi connectivity index (χ1) is 8.58. The maximum atomic E-state index is 11.1. The second-order valence-electron chi connectivity index (χ2n) is 5.01. The van der Waals surface area contributed by atoms with Crippen molar-refractivity contribution in [2.24, 2.45) is 5.92 Å². The lowest BCUT2D eigenvalue weighted by atomic mass is 9.82. The van der Waals surface area contributed by atoms with Crippen LogP contribution in [0.1, 0.15) is 26.7 Å². The SMILES string of the molecule is COc1cc(NC2CC(C)C2)ccc1NC(C)=O. The van der Waals surface area contributed by atoms with Gasteiger partial charge in [-0.05, 0) is 30.9 Å². The second kappa shape index (κ2) is 5.29. The summed E-state index contributed by atoms with van der Waals surface area (Å²) in [6, 6.07) is 6.33. The first kappa shape index (κ1) is 12.7. The molecule has 98 valence electrons. The van der Waals surface area contributed by atoms with E-state index < -0.39 is 0 Å². The minimum absolute atomic E-state index is 0.0955. The summed E-state index contributed by atoms with van der Waals surface area (Å²) in [5, 5.41) is 6.22. The molecule has 1 amide bonds. The molecule has 0 aliphatic heterocycles. The molecule has 1 aromatic carbocycles. The van der Waals surface area contributed by atoms with E-state index in [4.69, 9.17) is 4.74 Å². The highest BCUT2D eigenvalue weighted by Crippen LogP contribution is 2.32. The number of benzene rings is 1. The Hall–Kier alpha value is -1.71. The molecule has 18 heavy (non-hydrogen) atoms. The monoisotopic (exact) mass is 248 g/mol. The van der Waals surface area contributed by atoms with Crippen LogP contribution in [-0.2, 0) is 4.79 Å². The highest BCUT2D eigenvalue weighted by atomic mass is 16.5. The van der Waals surface area contributed by atoms with Crippen LogP contribution in [-0.4, -0.2) is 19.1 Å². The molecule has 2 N–H and O–H groups in total. The Balaban J connectivity index is 2.06. The van der Waals surface area contributed by atoms with Gasteiger partial charge in [-0.25, -0.2) is 0 Å². The van der Waals surface area contributed by atoms with Gasteiger partial charge in [-0.15, -0.1) is 0 Å². The van der Waals surface area contributed by atoms with Gasteiger partial charge in [-0.3, -0.25) is 4.79 Å². The molecule has 0 radical (unpaired) electrons. The Morgan fingerprint density at radius 1 is 1.39 bits per heavy atom. The lowest BCUT2D eigenvalue weighted by molar-refractivity contribution is -0.114. The van der Waals surface area contributed by atoms with Gasteiger partial charge in [0, 0.05) is 24.7 Å². The van der Waals surface area contributed by atoms with E-state index in [1.54, 1.807) is 7.11 Å². The predicted octanol–water partition coefficient (Wildman–Crippen LogP) is 2.86. The zero-order valence-electron chi connectivity index (χ0n) is 11.1. The fourth-order valence-corrected chi connectivity index (χ4v) is 2.33. The van der Waals surface area contributed by atoms with Gasteiger partial charge in [0.25, 0.3) is 0 Å². The highest BCUT2D eigenvalue weighted by Gasteiger charge is 2.25. The molecule has 1 fully saturated rings. The predicted molar refractivity (Wildman–Crippen MR) is 73.1 cm³/mol. The summed E-state index contributed by atoms with van der Waals surface area (Å²) in [6.07, 6.45) is 2.44. The van der Waals surface area contributed by atoms with Gasteiger partial charge in [0.2, 0.25) is 5.91 Å². The molecule has 1 aliphatic rings. The van der Waals surface area contributed by atoms with Crippen LogP contribution in [0, 0.1) is 5.92 Å². The van der Waals surface area contributed by atoms with Crippen LogP contribution in [0.2, 0.25) is 0 Å². The molecular formula is C14H20N2O2. The normalized spacial score (nSPS) is 21.9. The van der Waals surface area contributed by atoms with Crippen LogP contribution < -0.4 is 15.4 Å². The minimum Gasteiger partial charge on any atom is -0.494 e. The van der Waals surface area contributed by atoms with E-state index in [1.807, 2.05) is 18.2 Å². The van der Waals surface area contributed by atoms with Crippen molar-refractivity contribution in [2.75, 3.05) is 17.7 Å². The number of hydrogen-bond acceptors (Lipinski definition) is 3. The number of rotatable bonds is 4. The molecule has 1 saturated carbocycles. The number of ether oxygens (including phenoxy) is 1. The molecule has 0 bridgehead atoms. The maximum Gasteiger partial charge on any atom is 0.221 e. The van der Waals surface area contributed by atoms with Gasteiger partial charge in [0.05, 0.1) is 12.8 Å². The van der Waals surface area contributed by atoms with E-state index in [9.17, 15) is 4.79 Å². The number of nitrogens with one attached hydrogen (secondary N) is 2. The van der Waals surface area contributed by atoms with Crippen molar-refractivity contribution in [1.29, 1.82) is 0 Å². The number of hydrogen-bond donors (Lipinski definition) is 2. The summed E-state index contributed by atoms with van der Waals surface area (Å²) in [5.74, 6) is 1.41. The number of anilines is 2. The summed E-state index contributed by atoms with van der Waals surface area (Å²) in [6.45, 7) is 3.75. The maximum absolute atomic E-state index is 11.1. The summed E-state index contributed by atoms with van der Waals surface area (Å²) >= 11 is 0. The number of carbonyl (C=O) groups excluding carboxylic acids is 1. The molecule has 0 heterocycles. The van der Waals surface area contributed by atoms with Crippen molar-refractivity contribution in [3.05, 3.63) is 18.2 Å². The van der Waals surface area contributed by atoms with Crippen molar-refractivity contribution in [2.45, 2.75) is 32.7 Å². The van der Waals surface area contributed by atoms with Crippen LogP contribution in [0.3, 0.4) is 0 Å². The largest absolute Gasteiger partial charge is 0.494 e. The lowest BCUT2D eigenvalue weighted by Gasteiger charge is -2.34. The van der Waals surface area contributed by atoms with Crippen LogP contribution >= 0.6 is 0 Å². The third-order valence-electron chi connectivity index (χ3n) is 3.26. The van der Waals surface area contributed by atoms with Gasteiger partial charge in [-0.1, -0.05) is 6.92 Å². The quantitative estimate of drug-likeness (QED) is 0.861. The van der Waals surface area contributed by atoms with Crippen molar-refractivity contribution >= 4 is 17.3 Å². The van der Waals surface area contributed by atoms with Gasteiger partial charge >= 0.3 is 0 Å². The molecule has 2 rings (SSSR count). The van der Waals surface area contributed by atoms with E-state index in [1.165, 1.54) is 19.8 Å². The number of methoxy groups -OCH3 is 1. The van der Waals surface area contributed by atoms with Crippen molar-refractivity contribution in [3.63, 3.8) is 0 Å². The number of amides is 1. The van der Waals surface area contributed by atoms with E-state index in [2.05, 4.69) is 17.6 Å². The molecule has 1 aromatic rings. The molecule has 1 aliphatic carbocycles. The molecule has 0 spiro atoms. The standard InChI is InChI=1S/C14H20N2O2/c1-9-6-12(7-9)16-11-4-5-13(15-10(2)17)14(8-11)18-3/h4-5,8-9,12,16H,6-7H2,1-3H3,(H,15,17). The molecule has 4 heteroatoms. The third kappa shape index (κ3) is 2.94. The van der Waals surface area contributed by atoms with Crippen LogP contribution in [0.25, 0.3) is 0 Å². The van der Waals surface area contributed by atoms with E-state index >= 15 is 0 Å². The lowest BCUT2D eigenvalue weighted by Crippen LogP contribution is -2.33. The zero-order valence-corrected chi connectivity index (χ0v) is 11.1. The minimum atomic E-state index is -0.0955. The van der Waals surface area contributed by atoms with Crippen LogP contribution in [0.4, 0.5) is 11.4 Å². The molecule has 0 saturated heterocycles. The smallest absolute Gasteiger partial charge is 0.221 e. The Morgan fingerprint density at radius 2 is 2.11 bits per heavy atom. The topological polar surface area (TPSA) is 50.4 Å². The zero-order chi connectivity index (χ0) is 13.1. The first-order valence-corrected chi connectivity index (χ1v) is 6.30. The van der Waals surface area contributed by atoms with E-state index in [0.29, 0.717) is 17.5 Å². The Bertz CT molecular complexity index is 439. The van der Waals surface area contributed by atoms with E-state index in [0.717, 1.165) is 11.6 Å². The van der Waals surface area contributed by atoms with Crippen molar-refractivity contribution in [3.8, 4) is 5.75 Å². The summed E-state index contributed by atoms with van der Waals surface area (Å²) in [7, 11) is 1.61. The van der Waals surface area contributed by atoms with Crippen molar-refractivity contribution in [1.82, 2.24) is 0 Å². The number of carbonyl (C=O) groups is 1. The van der Waals surface area contributed by atoms with Gasteiger partial charge < -0.3 is 15.4 Å². The van der Waals surface area contributed by atoms with Gasteiger partial charge in [0.15, 0.2) is 0 Å². The van der Waals surface area contributed by atoms with Crippen LogP contribution in [0.5, 0.6) is 5.75 Å². The Morgan fingerprint density at radius 3 is 2.67 bits per heavy atom. The first-order valence-electron chi connectivity index (χ1n) is 6.30. The molecule has 0 aromatic heterocycles. The molecule has 0 unspecified atom stereocenters. The third-order valence-corrected chi connectivity index (χ3v) is 3.26. The average molecular weight is 248 g/mol. The second-order valence-corrected chi connectivity index (χ2v) is 5.01. The molecule has 4 nitrogen and oxygen atoms in total. The summed E-state index contributed by atoms with van der Waals surface area (Å²) in [5.41, 5.74) is 1.75. The van der Waals surface area contributed by atoms with Gasteiger partial charge in [-0.2, -0.15) is 0 Å². The molecule has 0 atom stereocenters. The average Bonchev–Trinajstić information content (AvgIpc) is 2.28. The Kier molecular flexibility index (Phi) is 3.75. The summed E-state index contributed by atoms with van der Waals surface area (Å²) < 4.78 is 5.29. The van der Waals surface area contributed by atoms with Crippen molar-refractivity contribution < 1.29 is 9.53 Å². The Labute approximate surface area is 108 Å². The van der Waals surface area contributed by atoms with Gasteiger partial charge in [0.1, 0.15) is 5.75 Å². The fraction of sp³-hybridized carbons (Fsp3) is 0.500. The van der Waals surface area contributed by atoms with E-state index in [-0.39, 0.29) is 5.91 Å². The highest BCUT2D eigenvalue weighted by molar-refractivity contribution is 5.90. The fourth-order valence-electron chi connectivity index (χ4n) is 2.33.